The molecule has 4 rings (SSSR count). The average molecular weight is 418 g/mol. The van der Waals surface area contributed by atoms with Crippen LogP contribution in [0.4, 0.5) is 0 Å². The molecule has 0 fully saturated rings. The highest BCUT2D eigenvalue weighted by Gasteiger charge is 2.21. The molecule has 0 saturated heterocycles. The van der Waals surface area contributed by atoms with E-state index in [1.54, 1.807) is 35.4 Å². The number of Topliss-reactive ketones (excluding diaryl/α,β-unsaturated/α-hetero) is 1. The second kappa shape index (κ2) is 7.65. The Balaban J connectivity index is 2.32. The van der Waals surface area contributed by atoms with Crippen LogP contribution in [0.2, 0.25) is 0 Å². The average Bonchev–Trinajstić information content (AvgIpc) is 2.77. The number of aryl methyl sites for hydroxylation is 2. The summed E-state index contributed by atoms with van der Waals surface area (Å²) in [6, 6.07) is 10.00. The monoisotopic (exact) mass is 418 g/mol. The fourth-order valence-corrected chi connectivity index (χ4v) is 4.63. The fourth-order valence-electron chi connectivity index (χ4n) is 4.63. The lowest BCUT2D eigenvalue weighted by Gasteiger charge is -2.19. The maximum atomic E-state index is 12.8. The number of rotatable bonds is 5. The van der Waals surface area contributed by atoms with E-state index >= 15 is 0 Å². The topological polar surface area (TPSA) is 54.0 Å². The van der Waals surface area contributed by atoms with Crippen molar-refractivity contribution < 1.29 is 23.7 Å². The molecule has 0 radical (unpaired) electrons. The summed E-state index contributed by atoms with van der Waals surface area (Å²) in [5, 5.41) is 5.95. The van der Waals surface area contributed by atoms with Crippen LogP contribution in [0, 0.1) is 13.8 Å². The first-order chi connectivity index (χ1) is 14.9. The van der Waals surface area contributed by atoms with Gasteiger partial charge in [-0.25, -0.2) is 0 Å². The SMILES string of the molecule is COc1cc2c(C(C)=O)c(C)c3c4cc(OC)c(OC)cc4c(C)cc3c2cc1OC. The lowest BCUT2D eigenvalue weighted by Crippen LogP contribution is -2.02. The number of carbonyl (C=O) groups excluding carboxylic acids is 1. The third-order valence-corrected chi connectivity index (χ3v) is 6.03. The highest BCUT2D eigenvalue weighted by Crippen LogP contribution is 2.44. The van der Waals surface area contributed by atoms with Gasteiger partial charge in [-0.3, -0.25) is 4.79 Å². The zero-order valence-corrected chi connectivity index (χ0v) is 18.9. The Kier molecular flexibility index (Phi) is 5.13. The molecule has 0 aliphatic rings. The predicted molar refractivity (Wildman–Crippen MR) is 125 cm³/mol. The Bertz CT molecular complexity index is 1370. The molecular formula is C26H26O5. The van der Waals surface area contributed by atoms with Gasteiger partial charge in [0.15, 0.2) is 28.8 Å². The molecule has 0 spiro atoms. The first-order valence-corrected chi connectivity index (χ1v) is 10.0. The number of ketones is 1. The van der Waals surface area contributed by atoms with Crippen LogP contribution in [-0.2, 0) is 0 Å². The largest absolute Gasteiger partial charge is 0.493 e. The lowest BCUT2D eigenvalue weighted by molar-refractivity contribution is 0.101. The zero-order chi connectivity index (χ0) is 22.4. The van der Waals surface area contributed by atoms with Crippen molar-refractivity contribution in [3.05, 3.63) is 47.0 Å². The van der Waals surface area contributed by atoms with Crippen molar-refractivity contribution in [2.24, 2.45) is 0 Å². The minimum absolute atomic E-state index is 0.00539. The van der Waals surface area contributed by atoms with Crippen molar-refractivity contribution in [3.8, 4) is 23.0 Å². The molecule has 4 aromatic carbocycles. The van der Waals surface area contributed by atoms with E-state index in [1.807, 2.05) is 31.2 Å². The van der Waals surface area contributed by atoms with Gasteiger partial charge in [0.25, 0.3) is 0 Å². The van der Waals surface area contributed by atoms with E-state index in [0.29, 0.717) is 28.6 Å². The minimum Gasteiger partial charge on any atom is -0.493 e. The summed E-state index contributed by atoms with van der Waals surface area (Å²) in [7, 11) is 6.47. The lowest BCUT2D eigenvalue weighted by atomic mass is 9.86. The number of hydrogen-bond acceptors (Lipinski definition) is 5. The highest BCUT2D eigenvalue weighted by atomic mass is 16.5. The molecule has 0 unspecified atom stereocenters. The second-order valence-corrected chi connectivity index (χ2v) is 7.68. The quantitative estimate of drug-likeness (QED) is 0.294. The van der Waals surface area contributed by atoms with E-state index in [0.717, 1.165) is 43.4 Å². The standard InChI is InChI=1S/C26H26O5/c1-13-8-18-17-10-22(29-5)24(31-7)12-20(17)25(15(3)27)14(2)26(18)19-11-23(30-6)21(28-4)9-16(13)19/h8-12H,1-7H3. The van der Waals surface area contributed by atoms with Gasteiger partial charge in [0.2, 0.25) is 0 Å². The third kappa shape index (κ3) is 3.03. The number of ether oxygens (including phenoxy) is 4. The highest BCUT2D eigenvalue weighted by molar-refractivity contribution is 6.25. The van der Waals surface area contributed by atoms with Gasteiger partial charge in [0.1, 0.15) is 0 Å². The normalized spacial score (nSPS) is 11.2. The van der Waals surface area contributed by atoms with E-state index < -0.39 is 0 Å². The molecule has 160 valence electrons. The number of benzene rings is 4. The maximum absolute atomic E-state index is 12.8. The van der Waals surface area contributed by atoms with Crippen molar-refractivity contribution in [1.82, 2.24) is 0 Å². The van der Waals surface area contributed by atoms with Crippen molar-refractivity contribution >= 4 is 38.1 Å². The van der Waals surface area contributed by atoms with Crippen molar-refractivity contribution in [3.63, 3.8) is 0 Å². The van der Waals surface area contributed by atoms with Crippen LogP contribution in [0.1, 0.15) is 28.4 Å². The Morgan fingerprint density at radius 3 is 1.52 bits per heavy atom. The molecule has 4 aromatic rings. The van der Waals surface area contributed by atoms with Crippen LogP contribution < -0.4 is 18.9 Å². The van der Waals surface area contributed by atoms with Crippen LogP contribution >= 0.6 is 0 Å². The predicted octanol–water partition coefficient (Wildman–Crippen LogP) is 6.00. The molecule has 0 aliphatic carbocycles. The van der Waals surface area contributed by atoms with E-state index in [9.17, 15) is 4.79 Å². The second-order valence-electron chi connectivity index (χ2n) is 7.68. The fraction of sp³-hybridized carbons (Fsp3) is 0.269. The number of carbonyl (C=O) groups is 1. The first kappa shape index (κ1) is 20.8. The molecular weight excluding hydrogens is 392 g/mol. The maximum Gasteiger partial charge on any atom is 0.161 e. The molecule has 0 atom stereocenters. The van der Waals surface area contributed by atoms with Crippen LogP contribution in [0.3, 0.4) is 0 Å². The van der Waals surface area contributed by atoms with Gasteiger partial charge in [-0.05, 0) is 88.5 Å². The molecule has 0 N–H and O–H groups in total. The van der Waals surface area contributed by atoms with Crippen LogP contribution in [-0.4, -0.2) is 34.2 Å². The van der Waals surface area contributed by atoms with E-state index in [1.165, 1.54) is 0 Å². The summed E-state index contributed by atoms with van der Waals surface area (Å²) in [5.74, 6) is 2.55. The molecule has 0 aliphatic heterocycles. The number of fused-ring (bicyclic) bond motifs is 5. The molecule has 0 amide bonds. The van der Waals surface area contributed by atoms with Crippen LogP contribution in [0.5, 0.6) is 23.0 Å². The summed E-state index contributed by atoms with van der Waals surface area (Å²) in [5.41, 5.74) is 2.72. The van der Waals surface area contributed by atoms with E-state index in [-0.39, 0.29) is 5.78 Å². The first-order valence-electron chi connectivity index (χ1n) is 10.0. The minimum atomic E-state index is 0.00539. The molecule has 0 saturated carbocycles. The third-order valence-electron chi connectivity index (χ3n) is 6.03. The molecule has 0 aromatic heterocycles. The van der Waals surface area contributed by atoms with E-state index in [2.05, 4.69) is 13.0 Å². The van der Waals surface area contributed by atoms with Gasteiger partial charge < -0.3 is 18.9 Å². The summed E-state index contributed by atoms with van der Waals surface area (Å²) < 4.78 is 22.2. The van der Waals surface area contributed by atoms with Gasteiger partial charge in [-0.2, -0.15) is 0 Å². The van der Waals surface area contributed by atoms with Crippen LogP contribution in [0.25, 0.3) is 32.3 Å². The number of hydrogen-bond donors (Lipinski definition) is 0. The van der Waals surface area contributed by atoms with Gasteiger partial charge in [0.05, 0.1) is 28.4 Å². The summed E-state index contributed by atoms with van der Waals surface area (Å²) in [6.45, 7) is 5.68. The molecule has 0 heterocycles. The van der Waals surface area contributed by atoms with Crippen molar-refractivity contribution in [2.75, 3.05) is 28.4 Å². The van der Waals surface area contributed by atoms with Gasteiger partial charge in [-0.1, -0.05) is 6.07 Å². The summed E-state index contributed by atoms with van der Waals surface area (Å²) in [6.07, 6.45) is 0. The van der Waals surface area contributed by atoms with Gasteiger partial charge >= 0.3 is 0 Å². The van der Waals surface area contributed by atoms with Gasteiger partial charge in [0, 0.05) is 5.56 Å². The molecule has 0 bridgehead atoms. The smallest absolute Gasteiger partial charge is 0.161 e. The van der Waals surface area contributed by atoms with Crippen molar-refractivity contribution in [1.29, 1.82) is 0 Å². The Labute approximate surface area is 181 Å². The Morgan fingerprint density at radius 1 is 0.613 bits per heavy atom. The number of methoxy groups -OCH3 is 4. The Hall–Kier alpha value is -3.47. The molecule has 31 heavy (non-hydrogen) atoms. The summed E-state index contributed by atoms with van der Waals surface area (Å²) >= 11 is 0. The van der Waals surface area contributed by atoms with Crippen molar-refractivity contribution in [2.45, 2.75) is 20.8 Å². The van der Waals surface area contributed by atoms with Gasteiger partial charge in [-0.15, -0.1) is 0 Å². The van der Waals surface area contributed by atoms with E-state index in [4.69, 9.17) is 18.9 Å². The molecule has 5 heteroatoms. The molecule has 5 nitrogen and oxygen atoms in total. The van der Waals surface area contributed by atoms with Crippen LogP contribution in [0.15, 0.2) is 30.3 Å². The Morgan fingerprint density at radius 2 is 1.03 bits per heavy atom. The zero-order valence-electron chi connectivity index (χ0n) is 18.9. The summed E-state index contributed by atoms with van der Waals surface area (Å²) in [4.78, 5) is 12.8.